The highest BCUT2D eigenvalue weighted by atomic mass is 32.1. The molecule has 3 amide bonds. The van der Waals surface area contributed by atoms with Gasteiger partial charge in [-0.05, 0) is 73.2 Å². The Morgan fingerprint density at radius 2 is 1.42 bits per heavy atom. The summed E-state index contributed by atoms with van der Waals surface area (Å²) in [4.78, 5) is 39.7. The summed E-state index contributed by atoms with van der Waals surface area (Å²) in [5.74, 6) is -0.244. The Bertz CT molecular complexity index is 1110. The van der Waals surface area contributed by atoms with E-state index in [9.17, 15) is 14.4 Å². The van der Waals surface area contributed by atoms with Crippen LogP contribution < -0.4 is 10.6 Å². The summed E-state index contributed by atoms with van der Waals surface area (Å²) in [6.07, 6.45) is 0. The maximum absolute atomic E-state index is 12.8. The molecule has 1 heterocycles. The number of anilines is 2. The van der Waals surface area contributed by atoms with E-state index >= 15 is 0 Å². The smallest absolute Gasteiger partial charge is 0.258 e. The Balaban J connectivity index is 1.67. The van der Waals surface area contributed by atoms with Crippen molar-refractivity contribution in [2.24, 2.45) is 0 Å². The van der Waals surface area contributed by atoms with Gasteiger partial charge in [-0.3, -0.25) is 14.4 Å². The molecule has 0 bridgehead atoms. The van der Waals surface area contributed by atoms with E-state index in [1.165, 1.54) is 11.3 Å². The third kappa shape index (κ3) is 5.87. The minimum absolute atomic E-state index is 0.0397. The van der Waals surface area contributed by atoms with Gasteiger partial charge in [0.05, 0.1) is 5.56 Å². The average Bonchev–Trinajstić information content (AvgIpc) is 3.28. The number of amides is 3. The largest absolute Gasteiger partial charge is 0.339 e. The summed E-state index contributed by atoms with van der Waals surface area (Å²) in [5.41, 5.74) is 3.23. The first-order valence-electron chi connectivity index (χ1n) is 11.0. The van der Waals surface area contributed by atoms with E-state index in [-0.39, 0.29) is 17.7 Å². The number of rotatable bonds is 8. The number of hydrogen-bond donors (Lipinski definition) is 2. The maximum atomic E-state index is 12.8. The molecule has 0 saturated heterocycles. The molecule has 0 spiro atoms. The van der Waals surface area contributed by atoms with E-state index in [0.717, 1.165) is 5.56 Å². The summed E-state index contributed by atoms with van der Waals surface area (Å²) in [5, 5.41) is 7.92. The minimum Gasteiger partial charge on any atom is -0.339 e. The Labute approximate surface area is 198 Å². The number of thiophene rings is 1. The third-order valence-electron chi connectivity index (χ3n) is 5.42. The van der Waals surface area contributed by atoms with Crippen molar-refractivity contribution in [1.82, 2.24) is 4.90 Å². The van der Waals surface area contributed by atoms with Crippen LogP contribution in [0.3, 0.4) is 0 Å². The van der Waals surface area contributed by atoms with Gasteiger partial charge in [-0.25, -0.2) is 0 Å². The van der Waals surface area contributed by atoms with Crippen molar-refractivity contribution in [3.8, 4) is 0 Å². The molecular formula is C26H29N3O3S. The molecule has 3 aromatic rings. The second-order valence-electron chi connectivity index (χ2n) is 7.90. The lowest BCUT2D eigenvalue weighted by Gasteiger charge is -2.18. The number of benzene rings is 2. The van der Waals surface area contributed by atoms with Crippen molar-refractivity contribution in [2.45, 2.75) is 33.6 Å². The van der Waals surface area contributed by atoms with Crippen molar-refractivity contribution in [2.75, 3.05) is 23.7 Å². The fourth-order valence-electron chi connectivity index (χ4n) is 3.37. The van der Waals surface area contributed by atoms with Crippen molar-refractivity contribution in [1.29, 1.82) is 0 Å². The van der Waals surface area contributed by atoms with Gasteiger partial charge in [0.2, 0.25) is 0 Å². The molecule has 1 aromatic heterocycles. The summed E-state index contributed by atoms with van der Waals surface area (Å²) < 4.78 is 0. The van der Waals surface area contributed by atoms with Crippen LogP contribution in [-0.4, -0.2) is 35.7 Å². The topological polar surface area (TPSA) is 78.5 Å². The van der Waals surface area contributed by atoms with Crippen LogP contribution in [0.1, 0.15) is 70.3 Å². The monoisotopic (exact) mass is 463 g/mol. The zero-order valence-corrected chi connectivity index (χ0v) is 20.2. The van der Waals surface area contributed by atoms with E-state index < -0.39 is 0 Å². The summed E-state index contributed by atoms with van der Waals surface area (Å²) in [7, 11) is 0. The van der Waals surface area contributed by atoms with Gasteiger partial charge in [0.15, 0.2) is 0 Å². The molecule has 7 heteroatoms. The predicted octanol–water partition coefficient (Wildman–Crippen LogP) is 5.86. The fraction of sp³-hybridized carbons (Fsp3) is 0.269. The Morgan fingerprint density at radius 3 is 2.00 bits per heavy atom. The number of nitrogens with one attached hydrogen (secondary N) is 2. The number of hydrogen-bond acceptors (Lipinski definition) is 4. The quantitative estimate of drug-likeness (QED) is 0.439. The SMILES string of the molecule is CCN(CC)C(=O)c1ccc(NC(=O)c2ccsc2NC(=O)c2ccc(C(C)C)cc2)cc1. The molecule has 172 valence electrons. The first-order valence-corrected chi connectivity index (χ1v) is 11.9. The molecule has 0 unspecified atom stereocenters. The third-order valence-corrected chi connectivity index (χ3v) is 6.25. The number of carbonyl (C=O) groups is 3. The normalized spacial score (nSPS) is 10.7. The maximum Gasteiger partial charge on any atom is 0.258 e. The highest BCUT2D eigenvalue weighted by Crippen LogP contribution is 2.25. The average molecular weight is 464 g/mol. The molecule has 0 aliphatic heterocycles. The van der Waals surface area contributed by atoms with Crippen LogP contribution in [0.2, 0.25) is 0 Å². The lowest BCUT2D eigenvalue weighted by Crippen LogP contribution is -2.30. The number of nitrogens with zero attached hydrogens (tertiary/aromatic N) is 1. The molecular weight excluding hydrogens is 434 g/mol. The van der Waals surface area contributed by atoms with E-state index in [1.54, 1.807) is 52.7 Å². The lowest BCUT2D eigenvalue weighted by molar-refractivity contribution is 0.0772. The molecule has 0 aliphatic carbocycles. The van der Waals surface area contributed by atoms with Crippen molar-refractivity contribution in [3.05, 3.63) is 82.2 Å². The van der Waals surface area contributed by atoms with E-state index in [2.05, 4.69) is 24.5 Å². The van der Waals surface area contributed by atoms with Crippen LogP contribution in [0.5, 0.6) is 0 Å². The van der Waals surface area contributed by atoms with E-state index in [1.807, 2.05) is 26.0 Å². The molecule has 33 heavy (non-hydrogen) atoms. The van der Waals surface area contributed by atoms with Crippen molar-refractivity contribution >= 4 is 39.7 Å². The predicted molar refractivity (Wildman–Crippen MR) is 134 cm³/mol. The molecule has 0 atom stereocenters. The second kappa shape index (κ2) is 10.9. The van der Waals surface area contributed by atoms with Crippen molar-refractivity contribution < 1.29 is 14.4 Å². The molecule has 2 aromatic carbocycles. The first-order chi connectivity index (χ1) is 15.8. The second-order valence-corrected chi connectivity index (χ2v) is 8.82. The minimum atomic E-state index is -0.329. The molecule has 3 rings (SSSR count). The van der Waals surface area contributed by atoms with E-state index in [4.69, 9.17) is 0 Å². The Kier molecular flexibility index (Phi) is 8.01. The molecule has 6 nitrogen and oxygen atoms in total. The fourth-order valence-corrected chi connectivity index (χ4v) is 4.15. The van der Waals surface area contributed by atoms with Crippen molar-refractivity contribution in [3.63, 3.8) is 0 Å². The summed E-state index contributed by atoms with van der Waals surface area (Å²) in [6, 6.07) is 16.0. The molecule has 0 saturated carbocycles. The zero-order chi connectivity index (χ0) is 24.0. The molecule has 0 fully saturated rings. The Morgan fingerprint density at radius 1 is 0.818 bits per heavy atom. The van der Waals surface area contributed by atoms with Gasteiger partial charge in [-0.1, -0.05) is 26.0 Å². The highest BCUT2D eigenvalue weighted by Gasteiger charge is 2.17. The van der Waals surface area contributed by atoms with Gasteiger partial charge in [-0.2, -0.15) is 0 Å². The Hall–Kier alpha value is -3.45. The van der Waals surface area contributed by atoms with Gasteiger partial charge in [-0.15, -0.1) is 11.3 Å². The van der Waals surface area contributed by atoms with Gasteiger partial charge in [0.25, 0.3) is 17.7 Å². The zero-order valence-electron chi connectivity index (χ0n) is 19.3. The van der Waals surface area contributed by atoms with Gasteiger partial charge in [0.1, 0.15) is 5.00 Å². The van der Waals surface area contributed by atoms with Crippen LogP contribution in [0.25, 0.3) is 0 Å². The summed E-state index contributed by atoms with van der Waals surface area (Å²) in [6.45, 7) is 9.36. The lowest BCUT2D eigenvalue weighted by atomic mass is 10.0. The van der Waals surface area contributed by atoms with E-state index in [0.29, 0.717) is 46.4 Å². The first kappa shape index (κ1) is 24.2. The van der Waals surface area contributed by atoms with Crippen LogP contribution in [0.4, 0.5) is 10.7 Å². The van der Waals surface area contributed by atoms with Gasteiger partial charge in [0, 0.05) is 29.9 Å². The molecule has 0 aliphatic rings. The standard InChI is InChI=1S/C26H29N3O3S/c1-5-29(6-2)26(32)20-11-13-21(14-12-20)27-24(31)22-15-16-33-25(22)28-23(30)19-9-7-18(8-10-19)17(3)4/h7-17H,5-6H2,1-4H3,(H,27,31)(H,28,30). The van der Waals surface area contributed by atoms with Gasteiger partial charge < -0.3 is 15.5 Å². The highest BCUT2D eigenvalue weighted by molar-refractivity contribution is 7.14. The van der Waals surface area contributed by atoms with Crippen LogP contribution in [0.15, 0.2) is 60.0 Å². The van der Waals surface area contributed by atoms with Crippen LogP contribution in [0, 0.1) is 0 Å². The van der Waals surface area contributed by atoms with Crippen LogP contribution in [-0.2, 0) is 0 Å². The molecule has 2 N–H and O–H groups in total. The van der Waals surface area contributed by atoms with Crippen LogP contribution >= 0.6 is 11.3 Å². The molecule has 0 radical (unpaired) electrons. The summed E-state index contributed by atoms with van der Waals surface area (Å²) >= 11 is 1.29. The van der Waals surface area contributed by atoms with Gasteiger partial charge >= 0.3 is 0 Å². The number of carbonyl (C=O) groups excluding carboxylic acids is 3.